The van der Waals surface area contributed by atoms with Crippen molar-refractivity contribution in [3.05, 3.63) is 41.3 Å². The van der Waals surface area contributed by atoms with Crippen molar-refractivity contribution in [2.75, 3.05) is 19.0 Å². The van der Waals surface area contributed by atoms with Gasteiger partial charge in [0.2, 0.25) is 0 Å². The van der Waals surface area contributed by atoms with Crippen LogP contribution in [0.3, 0.4) is 0 Å². The summed E-state index contributed by atoms with van der Waals surface area (Å²) in [5, 5.41) is 6.88. The second kappa shape index (κ2) is 6.32. The highest BCUT2D eigenvalue weighted by molar-refractivity contribution is 5.91. The molecular formula is C17H21N3O3. The van der Waals surface area contributed by atoms with Crippen LogP contribution in [0.5, 0.6) is 5.75 Å². The topological polar surface area (TPSA) is 67.6 Å². The highest BCUT2D eigenvalue weighted by atomic mass is 16.5. The summed E-state index contributed by atoms with van der Waals surface area (Å²) < 4.78 is 10.7. The number of rotatable bonds is 3. The molecule has 1 fully saturated rings. The molecule has 1 atom stereocenters. The summed E-state index contributed by atoms with van der Waals surface area (Å²) in [5.41, 5.74) is 2.56. The van der Waals surface area contributed by atoms with Crippen LogP contribution in [0.4, 0.5) is 10.5 Å². The maximum absolute atomic E-state index is 12.7. The molecule has 1 aliphatic heterocycles. The predicted molar refractivity (Wildman–Crippen MR) is 86.7 cm³/mol. The summed E-state index contributed by atoms with van der Waals surface area (Å²) in [7, 11) is 1.59. The van der Waals surface area contributed by atoms with Gasteiger partial charge in [-0.1, -0.05) is 11.2 Å². The summed E-state index contributed by atoms with van der Waals surface area (Å²) in [6.45, 7) is 4.55. The zero-order valence-corrected chi connectivity index (χ0v) is 13.6. The molecule has 1 N–H and O–H groups in total. The molecule has 0 aliphatic carbocycles. The fourth-order valence-corrected chi connectivity index (χ4v) is 2.95. The number of likely N-dealkylation sites (tertiary alicyclic amines) is 1. The Bertz CT molecular complexity index is 711. The van der Waals surface area contributed by atoms with Crippen LogP contribution in [-0.2, 0) is 0 Å². The first kappa shape index (κ1) is 15.4. The molecule has 1 saturated heterocycles. The Morgan fingerprint density at radius 1 is 1.39 bits per heavy atom. The number of anilines is 1. The number of hydrogen-bond donors (Lipinski definition) is 1. The van der Waals surface area contributed by atoms with E-state index in [0.717, 1.165) is 29.9 Å². The van der Waals surface area contributed by atoms with E-state index in [4.69, 9.17) is 9.26 Å². The van der Waals surface area contributed by atoms with E-state index in [2.05, 4.69) is 10.5 Å². The van der Waals surface area contributed by atoms with Gasteiger partial charge >= 0.3 is 6.03 Å². The van der Waals surface area contributed by atoms with Crippen molar-refractivity contribution in [2.45, 2.75) is 32.7 Å². The monoisotopic (exact) mass is 315 g/mol. The number of ether oxygens (including phenoxy) is 1. The van der Waals surface area contributed by atoms with Gasteiger partial charge in [0.1, 0.15) is 5.75 Å². The molecule has 0 bridgehead atoms. The highest BCUT2D eigenvalue weighted by Crippen LogP contribution is 2.33. The van der Waals surface area contributed by atoms with Crippen LogP contribution in [0.2, 0.25) is 0 Å². The molecule has 1 unspecified atom stereocenters. The lowest BCUT2D eigenvalue weighted by atomic mass is 10.1. The Hall–Kier alpha value is -2.50. The number of urea groups is 1. The van der Waals surface area contributed by atoms with Gasteiger partial charge in [-0.3, -0.25) is 0 Å². The maximum atomic E-state index is 12.7. The lowest BCUT2D eigenvalue weighted by molar-refractivity contribution is 0.195. The summed E-state index contributed by atoms with van der Waals surface area (Å²) in [4.78, 5) is 14.5. The Morgan fingerprint density at radius 3 is 2.91 bits per heavy atom. The third-order valence-corrected chi connectivity index (χ3v) is 4.08. The average Bonchev–Trinajstić information content (AvgIpc) is 3.15. The Labute approximate surface area is 135 Å². The fraction of sp³-hybridized carbons (Fsp3) is 0.412. The third-order valence-electron chi connectivity index (χ3n) is 4.08. The van der Waals surface area contributed by atoms with Gasteiger partial charge in [-0.05, 0) is 44.4 Å². The van der Waals surface area contributed by atoms with E-state index in [9.17, 15) is 4.79 Å². The van der Waals surface area contributed by atoms with Crippen LogP contribution in [-0.4, -0.2) is 29.7 Å². The quantitative estimate of drug-likeness (QED) is 0.938. The molecule has 1 aromatic carbocycles. The van der Waals surface area contributed by atoms with Crippen molar-refractivity contribution in [1.82, 2.24) is 10.1 Å². The van der Waals surface area contributed by atoms with Gasteiger partial charge in [0.05, 0.1) is 24.5 Å². The van der Waals surface area contributed by atoms with Crippen LogP contribution in [0.1, 0.15) is 35.9 Å². The molecule has 0 radical (unpaired) electrons. The number of aromatic nitrogens is 1. The molecule has 6 heteroatoms. The molecule has 122 valence electrons. The van der Waals surface area contributed by atoms with Gasteiger partial charge < -0.3 is 19.5 Å². The normalized spacial score (nSPS) is 17.3. The fourth-order valence-electron chi connectivity index (χ4n) is 2.95. The smallest absolute Gasteiger partial charge is 0.322 e. The zero-order valence-electron chi connectivity index (χ0n) is 13.6. The van der Waals surface area contributed by atoms with E-state index in [0.29, 0.717) is 18.0 Å². The maximum Gasteiger partial charge on any atom is 0.322 e. The van der Waals surface area contributed by atoms with Gasteiger partial charge in [-0.2, -0.15) is 0 Å². The predicted octanol–water partition coefficient (Wildman–Crippen LogP) is 3.67. The minimum absolute atomic E-state index is 0.0630. The van der Waals surface area contributed by atoms with Crippen molar-refractivity contribution >= 4 is 11.7 Å². The summed E-state index contributed by atoms with van der Waals surface area (Å²) in [5.74, 6) is 1.39. The van der Waals surface area contributed by atoms with Crippen molar-refractivity contribution in [2.24, 2.45) is 0 Å². The number of benzene rings is 1. The number of methoxy groups -OCH3 is 1. The van der Waals surface area contributed by atoms with Crippen molar-refractivity contribution < 1.29 is 14.1 Å². The lowest BCUT2D eigenvalue weighted by Gasteiger charge is -2.23. The first-order valence-electron chi connectivity index (χ1n) is 7.74. The minimum atomic E-state index is -0.148. The summed E-state index contributed by atoms with van der Waals surface area (Å²) in [6, 6.07) is 7.39. The van der Waals surface area contributed by atoms with Gasteiger partial charge in [0.25, 0.3) is 0 Å². The van der Waals surface area contributed by atoms with Crippen molar-refractivity contribution in [3.8, 4) is 5.75 Å². The van der Waals surface area contributed by atoms with E-state index < -0.39 is 0 Å². The summed E-state index contributed by atoms with van der Waals surface area (Å²) in [6.07, 6.45) is 1.83. The Kier molecular flexibility index (Phi) is 4.23. The second-order valence-corrected chi connectivity index (χ2v) is 5.86. The molecule has 0 saturated carbocycles. The molecular weight excluding hydrogens is 294 g/mol. The van der Waals surface area contributed by atoms with E-state index >= 15 is 0 Å². The minimum Gasteiger partial charge on any atom is -0.495 e. The van der Waals surface area contributed by atoms with Gasteiger partial charge in [0, 0.05) is 12.6 Å². The van der Waals surface area contributed by atoms with Crippen LogP contribution >= 0.6 is 0 Å². The van der Waals surface area contributed by atoms with Gasteiger partial charge in [0.15, 0.2) is 5.76 Å². The van der Waals surface area contributed by atoms with Crippen LogP contribution in [0.25, 0.3) is 0 Å². The Balaban J connectivity index is 1.79. The number of carbonyl (C=O) groups is 1. The average molecular weight is 315 g/mol. The molecule has 0 spiro atoms. The molecule has 23 heavy (non-hydrogen) atoms. The number of aryl methyl sites for hydroxylation is 2. The zero-order chi connectivity index (χ0) is 16.4. The van der Waals surface area contributed by atoms with Gasteiger partial charge in [-0.25, -0.2) is 4.79 Å². The van der Waals surface area contributed by atoms with Crippen molar-refractivity contribution in [3.63, 3.8) is 0 Å². The molecule has 1 aliphatic rings. The Morgan fingerprint density at radius 2 is 2.22 bits per heavy atom. The lowest BCUT2D eigenvalue weighted by Crippen LogP contribution is -2.34. The van der Waals surface area contributed by atoms with Crippen LogP contribution in [0, 0.1) is 13.8 Å². The molecule has 2 aromatic rings. The first-order valence-corrected chi connectivity index (χ1v) is 7.74. The SMILES string of the molecule is COc1ccc(C)cc1NC(=O)N1CCCC1c1cc(C)no1. The van der Waals surface area contributed by atoms with E-state index in [1.807, 2.05) is 38.1 Å². The standard InChI is InChI=1S/C17H21N3O3/c1-11-6-7-15(22-3)13(9-11)18-17(21)20-8-4-5-14(20)16-10-12(2)19-23-16/h6-7,9-10,14H,4-5,8H2,1-3H3,(H,18,21). The largest absolute Gasteiger partial charge is 0.495 e. The number of carbonyl (C=O) groups excluding carboxylic acids is 1. The number of nitrogens with one attached hydrogen (secondary N) is 1. The summed E-state index contributed by atoms with van der Waals surface area (Å²) >= 11 is 0. The third kappa shape index (κ3) is 3.16. The number of nitrogens with zero attached hydrogens (tertiary/aromatic N) is 2. The molecule has 2 amide bonds. The first-order chi connectivity index (χ1) is 11.1. The highest BCUT2D eigenvalue weighted by Gasteiger charge is 2.33. The van der Waals surface area contributed by atoms with Gasteiger partial charge in [-0.15, -0.1) is 0 Å². The van der Waals surface area contributed by atoms with E-state index in [1.165, 1.54) is 0 Å². The van der Waals surface area contributed by atoms with E-state index in [1.54, 1.807) is 12.0 Å². The van der Waals surface area contributed by atoms with Crippen LogP contribution in [0.15, 0.2) is 28.8 Å². The molecule has 3 rings (SSSR count). The van der Waals surface area contributed by atoms with Crippen LogP contribution < -0.4 is 10.1 Å². The number of hydrogen-bond acceptors (Lipinski definition) is 4. The molecule has 1 aromatic heterocycles. The number of amides is 2. The van der Waals surface area contributed by atoms with Crippen molar-refractivity contribution in [1.29, 1.82) is 0 Å². The van der Waals surface area contributed by atoms with E-state index in [-0.39, 0.29) is 12.1 Å². The molecule has 2 heterocycles. The second-order valence-electron chi connectivity index (χ2n) is 5.86. The molecule has 6 nitrogen and oxygen atoms in total.